The van der Waals surface area contributed by atoms with Gasteiger partial charge in [-0.15, -0.1) is 0 Å². The van der Waals surface area contributed by atoms with Gasteiger partial charge in [-0.1, -0.05) is 0 Å². The fourth-order valence-electron chi connectivity index (χ4n) is 2.14. The molecule has 0 saturated heterocycles. The lowest BCUT2D eigenvalue weighted by molar-refractivity contribution is 0.0427. The molecule has 1 rings (SSSR count). The maximum atomic E-state index is 12.2. The molecule has 1 aromatic rings. The van der Waals surface area contributed by atoms with Gasteiger partial charge >= 0.3 is 0 Å². The summed E-state index contributed by atoms with van der Waals surface area (Å²) in [5, 5.41) is 9.62. The molecule has 0 aromatic carbocycles. The van der Waals surface area contributed by atoms with Crippen molar-refractivity contribution in [1.29, 1.82) is 0 Å². The molecular weight excluding hydrogens is 244 g/mol. The van der Waals surface area contributed by atoms with Crippen LogP contribution in [0, 0.1) is 13.8 Å². The molecule has 0 bridgehead atoms. The van der Waals surface area contributed by atoms with Crippen LogP contribution in [0.25, 0.3) is 0 Å². The highest BCUT2D eigenvalue weighted by molar-refractivity contribution is 5.99. The van der Waals surface area contributed by atoms with Crippen molar-refractivity contribution in [3.8, 4) is 0 Å². The van der Waals surface area contributed by atoms with Crippen LogP contribution >= 0.6 is 0 Å². The van der Waals surface area contributed by atoms with Crippen molar-refractivity contribution in [3.63, 3.8) is 0 Å². The maximum absolute atomic E-state index is 12.2. The molecule has 0 aliphatic carbocycles. The summed E-state index contributed by atoms with van der Waals surface area (Å²) in [5.41, 5.74) is 2.81. The van der Waals surface area contributed by atoms with Gasteiger partial charge in [0.25, 0.3) is 0 Å². The van der Waals surface area contributed by atoms with Gasteiger partial charge in [-0.3, -0.25) is 9.69 Å². The van der Waals surface area contributed by atoms with E-state index in [4.69, 9.17) is 4.74 Å². The molecule has 0 fully saturated rings. The van der Waals surface area contributed by atoms with Gasteiger partial charge in [-0.2, -0.15) is 0 Å². The molecule has 0 aliphatic rings. The average Bonchev–Trinajstić information content (AvgIpc) is 2.57. The van der Waals surface area contributed by atoms with Crippen LogP contribution in [0.1, 0.15) is 21.7 Å². The summed E-state index contributed by atoms with van der Waals surface area (Å²) < 4.78 is 6.87. The SMILES string of the molecule is COCC(O)CN(C)CC(=O)c1cc(C)n(C)c1C. The quantitative estimate of drug-likeness (QED) is 0.742. The smallest absolute Gasteiger partial charge is 0.178 e. The van der Waals surface area contributed by atoms with Crippen molar-refractivity contribution in [2.24, 2.45) is 7.05 Å². The number of aliphatic hydroxyl groups excluding tert-OH is 1. The minimum absolute atomic E-state index is 0.0771. The number of hydrogen-bond acceptors (Lipinski definition) is 4. The average molecular weight is 268 g/mol. The molecule has 1 N–H and O–H groups in total. The Labute approximate surface area is 114 Å². The summed E-state index contributed by atoms with van der Waals surface area (Å²) in [7, 11) is 5.32. The fourth-order valence-corrected chi connectivity index (χ4v) is 2.14. The Morgan fingerprint density at radius 1 is 1.53 bits per heavy atom. The van der Waals surface area contributed by atoms with Crippen LogP contribution in [0.2, 0.25) is 0 Å². The lowest BCUT2D eigenvalue weighted by atomic mass is 10.1. The van der Waals surface area contributed by atoms with Crippen molar-refractivity contribution >= 4 is 5.78 Å². The second kappa shape index (κ2) is 6.84. The largest absolute Gasteiger partial charge is 0.389 e. The van der Waals surface area contributed by atoms with Gasteiger partial charge in [0.15, 0.2) is 5.78 Å². The Hall–Kier alpha value is -1.17. The maximum Gasteiger partial charge on any atom is 0.178 e. The first-order valence-corrected chi connectivity index (χ1v) is 6.38. The van der Waals surface area contributed by atoms with E-state index in [-0.39, 0.29) is 12.4 Å². The second-order valence-electron chi connectivity index (χ2n) is 5.07. The van der Waals surface area contributed by atoms with Crippen molar-refractivity contribution in [2.45, 2.75) is 20.0 Å². The Morgan fingerprint density at radius 2 is 2.16 bits per heavy atom. The molecule has 0 aliphatic heterocycles. The van der Waals surface area contributed by atoms with Gasteiger partial charge in [-0.05, 0) is 27.0 Å². The number of carbonyl (C=O) groups is 1. The lowest BCUT2D eigenvalue weighted by Crippen LogP contribution is -2.35. The number of hydrogen-bond donors (Lipinski definition) is 1. The van der Waals surface area contributed by atoms with E-state index >= 15 is 0 Å². The van der Waals surface area contributed by atoms with Gasteiger partial charge in [-0.25, -0.2) is 0 Å². The molecular formula is C14H24N2O3. The van der Waals surface area contributed by atoms with E-state index in [9.17, 15) is 9.90 Å². The first kappa shape index (κ1) is 15.9. The fraction of sp³-hybridized carbons (Fsp3) is 0.643. The zero-order valence-electron chi connectivity index (χ0n) is 12.4. The number of aryl methyl sites for hydroxylation is 1. The third-order valence-corrected chi connectivity index (χ3v) is 3.37. The summed E-state index contributed by atoms with van der Waals surface area (Å²) in [6, 6.07) is 1.91. The lowest BCUT2D eigenvalue weighted by Gasteiger charge is -2.19. The van der Waals surface area contributed by atoms with Crippen LogP contribution in [-0.2, 0) is 11.8 Å². The van der Waals surface area contributed by atoms with Gasteiger partial charge in [0.1, 0.15) is 0 Å². The predicted octanol–water partition coefficient (Wildman–Crippen LogP) is 0.764. The van der Waals surface area contributed by atoms with E-state index in [1.54, 1.807) is 7.11 Å². The molecule has 0 radical (unpaired) electrons. The topological polar surface area (TPSA) is 54.7 Å². The second-order valence-corrected chi connectivity index (χ2v) is 5.07. The highest BCUT2D eigenvalue weighted by Gasteiger charge is 2.17. The van der Waals surface area contributed by atoms with E-state index in [0.717, 1.165) is 17.0 Å². The minimum atomic E-state index is -0.568. The molecule has 1 aromatic heterocycles. The highest BCUT2D eigenvalue weighted by atomic mass is 16.5. The van der Waals surface area contributed by atoms with E-state index in [0.29, 0.717) is 13.1 Å². The third-order valence-electron chi connectivity index (χ3n) is 3.37. The molecule has 1 heterocycles. The van der Waals surface area contributed by atoms with E-state index in [1.165, 1.54) is 0 Å². The number of ether oxygens (including phenoxy) is 1. The molecule has 0 amide bonds. The number of nitrogens with zero attached hydrogens (tertiary/aromatic N) is 2. The van der Waals surface area contributed by atoms with Crippen molar-refractivity contribution in [3.05, 3.63) is 23.0 Å². The zero-order valence-corrected chi connectivity index (χ0v) is 12.4. The molecule has 0 spiro atoms. The van der Waals surface area contributed by atoms with Crippen LogP contribution in [0.4, 0.5) is 0 Å². The zero-order chi connectivity index (χ0) is 14.6. The Kier molecular flexibility index (Phi) is 5.72. The van der Waals surface area contributed by atoms with Crippen LogP contribution in [0.3, 0.4) is 0 Å². The highest BCUT2D eigenvalue weighted by Crippen LogP contribution is 2.14. The van der Waals surface area contributed by atoms with Crippen molar-refractivity contribution < 1.29 is 14.6 Å². The number of likely N-dealkylation sites (N-methyl/N-ethyl adjacent to an activating group) is 1. The summed E-state index contributed by atoms with van der Waals surface area (Å²) >= 11 is 0. The van der Waals surface area contributed by atoms with Crippen molar-refractivity contribution in [1.82, 2.24) is 9.47 Å². The van der Waals surface area contributed by atoms with Crippen LogP contribution < -0.4 is 0 Å². The predicted molar refractivity (Wildman–Crippen MR) is 74.6 cm³/mol. The first-order valence-electron chi connectivity index (χ1n) is 6.38. The number of ketones is 1. The number of carbonyl (C=O) groups excluding carboxylic acids is 1. The monoisotopic (exact) mass is 268 g/mol. The van der Waals surface area contributed by atoms with Gasteiger partial charge in [0, 0.05) is 37.7 Å². The van der Waals surface area contributed by atoms with Crippen molar-refractivity contribution in [2.75, 3.05) is 33.9 Å². The standard InChI is InChI=1S/C14H24N2O3/c1-10-6-13(11(2)16(10)4)14(18)8-15(3)7-12(17)9-19-5/h6,12,17H,7-9H2,1-5H3. The molecule has 1 unspecified atom stereocenters. The van der Waals surface area contributed by atoms with E-state index in [1.807, 2.05) is 43.5 Å². The number of aromatic nitrogens is 1. The molecule has 5 nitrogen and oxygen atoms in total. The van der Waals surface area contributed by atoms with Gasteiger partial charge in [0.2, 0.25) is 0 Å². The van der Waals surface area contributed by atoms with E-state index in [2.05, 4.69) is 0 Å². The first-order chi connectivity index (χ1) is 8.86. The Bertz CT molecular complexity index is 440. The normalized spacial score (nSPS) is 13.0. The van der Waals surface area contributed by atoms with E-state index < -0.39 is 6.10 Å². The summed E-state index contributed by atoms with van der Waals surface area (Å²) in [6.07, 6.45) is -0.568. The number of rotatable bonds is 7. The van der Waals surface area contributed by atoms with Gasteiger partial charge < -0.3 is 14.4 Å². The summed E-state index contributed by atoms with van der Waals surface area (Å²) in [6.45, 7) is 4.92. The van der Waals surface area contributed by atoms with Crippen LogP contribution in [0.5, 0.6) is 0 Å². The Morgan fingerprint density at radius 3 is 2.63 bits per heavy atom. The van der Waals surface area contributed by atoms with Crippen LogP contribution in [0.15, 0.2) is 6.07 Å². The molecule has 0 saturated carbocycles. The van der Waals surface area contributed by atoms with Gasteiger partial charge in [0.05, 0.1) is 19.3 Å². The molecule has 1 atom stereocenters. The minimum Gasteiger partial charge on any atom is -0.389 e. The third kappa shape index (κ3) is 4.16. The Balaban J connectivity index is 2.61. The summed E-state index contributed by atoms with van der Waals surface area (Å²) in [5.74, 6) is 0.0771. The van der Waals surface area contributed by atoms with Crippen LogP contribution in [-0.4, -0.2) is 60.3 Å². The molecule has 19 heavy (non-hydrogen) atoms. The number of aliphatic hydroxyl groups is 1. The number of methoxy groups -OCH3 is 1. The number of Topliss-reactive ketones (excluding diaryl/α,β-unsaturated/α-hetero) is 1. The molecule has 5 heteroatoms. The summed E-state index contributed by atoms with van der Waals surface area (Å²) in [4.78, 5) is 14.0. The molecule has 108 valence electrons.